The third kappa shape index (κ3) is 5.22. The number of nitrogens with zero attached hydrogens (tertiary/aromatic N) is 5. The molecular formula is C31H36ClN5O2. The second kappa shape index (κ2) is 11.1. The van der Waals surface area contributed by atoms with Crippen LogP contribution >= 0.6 is 11.6 Å². The lowest BCUT2D eigenvalue weighted by atomic mass is 9.93. The van der Waals surface area contributed by atoms with Crippen LogP contribution in [-0.2, 0) is 17.8 Å². The third-order valence-corrected chi connectivity index (χ3v) is 8.91. The Balaban J connectivity index is 1.34. The van der Waals surface area contributed by atoms with Gasteiger partial charge in [-0.25, -0.2) is 0 Å². The van der Waals surface area contributed by atoms with Gasteiger partial charge >= 0.3 is 6.01 Å². The molecule has 3 aliphatic heterocycles. The third-order valence-electron chi connectivity index (χ3n) is 8.60. The number of likely N-dealkylation sites (tertiary alicyclic amines) is 1. The first kappa shape index (κ1) is 26.1. The quantitative estimate of drug-likeness (QED) is 0.374. The zero-order chi connectivity index (χ0) is 26.9. The molecule has 2 atom stereocenters. The van der Waals surface area contributed by atoms with Crippen LogP contribution in [0.3, 0.4) is 0 Å². The van der Waals surface area contributed by atoms with Gasteiger partial charge in [-0.15, -0.1) is 0 Å². The molecular weight excluding hydrogens is 510 g/mol. The maximum Gasteiger partial charge on any atom is 0.318 e. The minimum atomic E-state index is -0.0451. The Morgan fingerprint density at radius 1 is 1.10 bits per heavy atom. The fourth-order valence-corrected chi connectivity index (χ4v) is 6.67. The standard InChI is InChI=1S/C31H36ClN5O2/c1-3-28(38)22-10-6-16-37(18-22)30-24-14-17-36(27-13-5-9-21-8-4-12-25(32)29(21)27)19-26(24)33-31(34-30)39-20-23-11-7-15-35(23)2/h3-5,8-9,12-13,22-23H,1,6-7,10-11,14-20H2,2H3/t22?,23-/m0/s1. The largest absolute Gasteiger partial charge is 0.462 e. The highest BCUT2D eigenvalue weighted by Crippen LogP contribution is 2.37. The SMILES string of the molecule is C=CC(=O)C1CCCN(c2nc(OC[C@@H]3CCCN3C)nc3c2CCN(c2cccc4cccc(Cl)c24)C3)C1. The molecule has 4 heterocycles. The maximum atomic E-state index is 12.5. The van der Waals surface area contributed by atoms with Gasteiger partial charge in [0.05, 0.1) is 17.3 Å². The molecule has 0 spiro atoms. The Bertz CT molecular complexity index is 1390. The van der Waals surface area contributed by atoms with Gasteiger partial charge in [0, 0.05) is 48.2 Å². The van der Waals surface area contributed by atoms with Crippen molar-refractivity contribution >= 4 is 39.7 Å². The van der Waals surface area contributed by atoms with E-state index in [1.165, 1.54) is 12.5 Å². The first-order chi connectivity index (χ1) is 19.0. The number of carbonyl (C=O) groups is 1. The number of benzene rings is 2. The average molecular weight is 546 g/mol. The summed E-state index contributed by atoms with van der Waals surface area (Å²) in [5.74, 6) is 0.991. The molecule has 2 aromatic carbocycles. The molecule has 0 N–H and O–H groups in total. The molecule has 0 bridgehead atoms. The summed E-state index contributed by atoms with van der Waals surface area (Å²) in [4.78, 5) is 29.4. The van der Waals surface area contributed by atoms with Gasteiger partial charge in [0.15, 0.2) is 5.78 Å². The smallest absolute Gasteiger partial charge is 0.318 e. The summed E-state index contributed by atoms with van der Waals surface area (Å²) in [6.07, 6.45) is 6.43. The van der Waals surface area contributed by atoms with Crippen LogP contribution in [0.1, 0.15) is 36.9 Å². The summed E-state index contributed by atoms with van der Waals surface area (Å²) in [6.45, 7) is 8.41. The molecule has 0 aliphatic carbocycles. The molecule has 8 heteroatoms. The van der Waals surface area contributed by atoms with Crippen LogP contribution in [0.2, 0.25) is 5.02 Å². The maximum absolute atomic E-state index is 12.5. The van der Waals surface area contributed by atoms with Crippen LogP contribution in [0.4, 0.5) is 11.5 Å². The molecule has 39 heavy (non-hydrogen) atoms. The van der Waals surface area contributed by atoms with Crippen molar-refractivity contribution in [2.75, 3.05) is 49.6 Å². The van der Waals surface area contributed by atoms with Crippen molar-refractivity contribution in [1.29, 1.82) is 0 Å². The lowest BCUT2D eigenvalue weighted by molar-refractivity contribution is -0.118. The van der Waals surface area contributed by atoms with Crippen molar-refractivity contribution in [3.05, 3.63) is 65.3 Å². The number of piperidine rings is 1. The number of rotatable bonds is 7. The van der Waals surface area contributed by atoms with E-state index in [0.29, 0.717) is 31.7 Å². The van der Waals surface area contributed by atoms with E-state index in [1.807, 2.05) is 12.1 Å². The van der Waals surface area contributed by atoms with Crippen LogP contribution < -0.4 is 14.5 Å². The van der Waals surface area contributed by atoms with Crippen LogP contribution in [0.25, 0.3) is 10.8 Å². The van der Waals surface area contributed by atoms with Gasteiger partial charge in [-0.1, -0.05) is 42.4 Å². The van der Waals surface area contributed by atoms with Crippen molar-refractivity contribution in [3.63, 3.8) is 0 Å². The van der Waals surface area contributed by atoms with Gasteiger partial charge in [0.1, 0.15) is 12.4 Å². The van der Waals surface area contributed by atoms with Crippen molar-refractivity contribution in [1.82, 2.24) is 14.9 Å². The summed E-state index contributed by atoms with van der Waals surface area (Å²) < 4.78 is 6.27. The Labute approximate surface area is 235 Å². The van der Waals surface area contributed by atoms with Crippen LogP contribution in [0, 0.1) is 5.92 Å². The number of anilines is 2. The molecule has 6 rings (SSSR count). The first-order valence-corrected chi connectivity index (χ1v) is 14.5. The number of hydrogen-bond donors (Lipinski definition) is 0. The summed E-state index contributed by atoms with van der Waals surface area (Å²) in [6, 6.07) is 13.2. The number of aromatic nitrogens is 2. The Morgan fingerprint density at radius 2 is 1.92 bits per heavy atom. The summed E-state index contributed by atoms with van der Waals surface area (Å²) in [5, 5.41) is 2.96. The van der Waals surface area contributed by atoms with Crippen molar-refractivity contribution in [3.8, 4) is 6.01 Å². The predicted octanol–water partition coefficient (Wildman–Crippen LogP) is 5.29. The van der Waals surface area contributed by atoms with Gasteiger partial charge < -0.3 is 19.4 Å². The van der Waals surface area contributed by atoms with Crippen LogP contribution in [-0.4, -0.2) is 66.5 Å². The van der Waals surface area contributed by atoms with E-state index < -0.39 is 0 Å². The predicted molar refractivity (Wildman–Crippen MR) is 157 cm³/mol. The van der Waals surface area contributed by atoms with Crippen molar-refractivity contribution < 1.29 is 9.53 Å². The van der Waals surface area contributed by atoms with Gasteiger partial charge in [0.2, 0.25) is 0 Å². The van der Waals surface area contributed by atoms with E-state index in [4.69, 9.17) is 26.3 Å². The molecule has 204 valence electrons. The molecule has 0 saturated carbocycles. The minimum absolute atomic E-state index is 0.0451. The summed E-state index contributed by atoms with van der Waals surface area (Å²) in [7, 11) is 2.15. The molecule has 1 aromatic heterocycles. The van der Waals surface area contributed by atoms with Gasteiger partial charge in [-0.2, -0.15) is 9.97 Å². The number of likely N-dealkylation sites (N-methyl/N-ethyl adjacent to an activating group) is 1. The van der Waals surface area contributed by atoms with Gasteiger partial charge in [-0.05, 0) is 69.3 Å². The van der Waals surface area contributed by atoms with E-state index in [-0.39, 0.29) is 11.7 Å². The number of hydrogen-bond acceptors (Lipinski definition) is 7. The number of halogens is 1. The Kier molecular flexibility index (Phi) is 7.45. The number of fused-ring (bicyclic) bond motifs is 2. The Morgan fingerprint density at radius 3 is 2.72 bits per heavy atom. The highest BCUT2D eigenvalue weighted by molar-refractivity contribution is 6.36. The zero-order valence-corrected chi connectivity index (χ0v) is 23.4. The van der Waals surface area contributed by atoms with Crippen molar-refractivity contribution in [2.45, 2.75) is 44.7 Å². The number of ether oxygens (including phenoxy) is 1. The van der Waals surface area contributed by atoms with E-state index in [0.717, 1.165) is 83.9 Å². The monoisotopic (exact) mass is 545 g/mol. The van der Waals surface area contributed by atoms with Crippen LogP contribution in [0.5, 0.6) is 6.01 Å². The molecule has 2 saturated heterocycles. The van der Waals surface area contributed by atoms with Gasteiger partial charge in [0.25, 0.3) is 0 Å². The highest BCUT2D eigenvalue weighted by Gasteiger charge is 2.31. The van der Waals surface area contributed by atoms with Crippen molar-refractivity contribution in [2.24, 2.45) is 5.92 Å². The second-order valence-electron chi connectivity index (χ2n) is 11.0. The molecule has 1 unspecified atom stereocenters. The van der Waals surface area contributed by atoms with E-state index >= 15 is 0 Å². The average Bonchev–Trinajstić information content (AvgIpc) is 3.39. The zero-order valence-electron chi connectivity index (χ0n) is 22.6. The Hall–Kier alpha value is -3.16. The van der Waals surface area contributed by atoms with Crippen LogP contribution in [0.15, 0.2) is 49.1 Å². The number of carbonyl (C=O) groups excluding carboxylic acids is 1. The lowest BCUT2D eigenvalue weighted by Gasteiger charge is -2.37. The molecule has 0 amide bonds. The summed E-state index contributed by atoms with van der Waals surface area (Å²) in [5.41, 5.74) is 3.27. The fraction of sp³-hybridized carbons (Fsp3) is 0.452. The number of ketones is 1. The summed E-state index contributed by atoms with van der Waals surface area (Å²) >= 11 is 6.68. The van der Waals surface area contributed by atoms with E-state index in [2.05, 4.69) is 52.6 Å². The molecule has 2 fully saturated rings. The number of allylic oxidation sites excluding steroid dienone is 1. The molecule has 3 aliphatic rings. The second-order valence-corrected chi connectivity index (χ2v) is 11.4. The lowest BCUT2D eigenvalue weighted by Crippen LogP contribution is -2.41. The topological polar surface area (TPSA) is 61.8 Å². The van der Waals surface area contributed by atoms with E-state index in [9.17, 15) is 4.79 Å². The molecule has 7 nitrogen and oxygen atoms in total. The molecule has 0 radical (unpaired) electrons. The van der Waals surface area contributed by atoms with Gasteiger partial charge in [-0.3, -0.25) is 4.79 Å². The fourth-order valence-electron chi connectivity index (χ4n) is 6.39. The van der Waals surface area contributed by atoms with E-state index in [1.54, 1.807) is 0 Å². The normalized spacial score (nSPS) is 21.7. The first-order valence-electron chi connectivity index (χ1n) is 14.1. The highest BCUT2D eigenvalue weighted by atomic mass is 35.5. The molecule has 3 aromatic rings. The minimum Gasteiger partial charge on any atom is -0.462 e.